The Morgan fingerprint density at radius 3 is 2.47 bits per heavy atom. The highest BCUT2D eigenvalue weighted by atomic mass is 16.5. The SMILES string of the molecule is CCCCN(C)C(=O)N[C@H](CCC(=O)OC)C(=O)O. The molecule has 19 heavy (non-hydrogen) atoms. The van der Waals surface area contributed by atoms with Crippen molar-refractivity contribution in [2.75, 3.05) is 20.7 Å². The summed E-state index contributed by atoms with van der Waals surface area (Å²) in [6.07, 6.45) is 1.76. The number of esters is 1. The van der Waals surface area contributed by atoms with Gasteiger partial charge in [-0.15, -0.1) is 0 Å². The zero-order chi connectivity index (χ0) is 14.8. The van der Waals surface area contributed by atoms with Crippen LogP contribution in [-0.2, 0) is 14.3 Å². The quantitative estimate of drug-likeness (QED) is 0.639. The van der Waals surface area contributed by atoms with Gasteiger partial charge >= 0.3 is 18.0 Å². The van der Waals surface area contributed by atoms with Crippen molar-refractivity contribution in [1.82, 2.24) is 10.2 Å². The number of nitrogens with zero attached hydrogens (tertiary/aromatic N) is 1. The Morgan fingerprint density at radius 2 is 2.00 bits per heavy atom. The molecule has 0 spiro atoms. The molecule has 0 aromatic heterocycles. The summed E-state index contributed by atoms with van der Waals surface area (Å²) in [4.78, 5) is 35.1. The van der Waals surface area contributed by atoms with Crippen LogP contribution in [-0.4, -0.2) is 54.7 Å². The molecule has 0 rings (SSSR count). The zero-order valence-corrected chi connectivity index (χ0v) is 11.6. The van der Waals surface area contributed by atoms with Crippen LogP contribution < -0.4 is 5.32 Å². The summed E-state index contributed by atoms with van der Waals surface area (Å²) in [6.45, 7) is 2.56. The number of aliphatic carboxylic acids is 1. The highest BCUT2D eigenvalue weighted by Crippen LogP contribution is 2.01. The van der Waals surface area contributed by atoms with E-state index in [0.717, 1.165) is 12.8 Å². The van der Waals surface area contributed by atoms with E-state index in [4.69, 9.17) is 5.11 Å². The third kappa shape index (κ3) is 7.28. The van der Waals surface area contributed by atoms with E-state index in [9.17, 15) is 14.4 Å². The first kappa shape index (κ1) is 17.2. The minimum atomic E-state index is -1.17. The van der Waals surface area contributed by atoms with Crippen molar-refractivity contribution in [3.63, 3.8) is 0 Å². The lowest BCUT2D eigenvalue weighted by molar-refractivity contribution is -0.142. The second-order valence-electron chi connectivity index (χ2n) is 4.23. The monoisotopic (exact) mass is 274 g/mol. The van der Waals surface area contributed by atoms with Gasteiger partial charge in [0.1, 0.15) is 6.04 Å². The van der Waals surface area contributed by atoms with Crippen LogP contribution in [0.5, 0.6) is 0 Å². The topological polar surface area (TPSA) is 95.9 Å². The van der Waals surface area contributed by atoms with Crippen molar-refractivity contribution in [3.8, 4) is 0 Å². The Bertz CT molecular complexity index is 319. The second kappa shape index (κ2) is 9.18. The van der Waals surface area contributed by atoms with E-state index in [1.54, 1.807) is 7.05 Å². The summed E-state index contributed by atoms with van der Waals surface area (Å²) in [5, 5.41) is 11.4. The highest BCUT2D eigenvalue weighted by Gasteiger charge is 2.22. The number of methoxy groups -OCH3 is 1. The van der Waals surface area contributed by atoms with Gasteiger partial charge in [-0.25, -0.2) is 9.59 Å². The number of rotatable bonds is 8. The van der Waals surface area contributed by atoms with E-state index in [1.807, 2.05) is 6.92 Å². The predicted molar refractivity (Wildman–Crippen MR) is 68.7 cm³/mol. The molecule has 7 nitrogen and oxygen atoms in total. The largest absolute Gasteiger partial charge is 0.480 e. The first-order chi connectivity index (χ1) is 8.92. The van der Waals surface area contributed by atoms with Crippen molar-refractivity contribution in [1.29, 1.82) is 0 Å². The molecule has 0 aliphatic rings. The number of urea groups is 1. The van der Waals surface area contributed by atoms with Crippen molar-refractivity contribution < 1.29 is 24.2 Å². The van der Waals surface area contributed by atoms with Crippen LogP contribution in [0.2, 0.25) is 0 Å². The van der Waals surface area contributed by atoms with Crippen LogP contribution in [0.3, 0.4) is 0 Å². The first-order valence-electron chi connectivity index (χ1n) is 6.23. The normalized spacial score (nSPS) is 11.5. The molecule has 1 atom stereocenters. The molecule has 0 saturated carbocycles. The Balaban J connectivity index is 4.29. The molecule has 2 N–H and O–H groups in total. The van der Waals surface area contributed by atoms with Gasteiger partial charge in [0.15, 0.2) is 0 Å². The van der Waals surface area contributed by atoms with Gasteiger partial charge in [0.25, 0.3) is 0 Å². The molecule has 0 bridgehead atoms. The fourth-order valence-electron chi connectivity index (χ4n) is 1.38. The van der Waals surface area contributed by atoms with E-state index >= 15 is 0 Å². The number of unbranched alkanes of at least 4 members (excludes halogenated alkanes) is 1. The van der Waals surface area contributed by atoms with Gasteiger partial charge in [-0.2, -0.15) is 0 Å². The smallest absolute Gasteiger partial charge is 0.326 e. The second-order valence-corrected chi connectivity index (χ2v) is 4.23. The maximum absolute atomic E-state index is 11.7. The Labute approximate surface area is 112 Å². The summed E-state index contributed by atoms with van der Waals surface area (Å²) < 4.78 is 4.43. The molecular weight excluding hydrogens is 252 g/mol. The fraction of sp³-hybridized carbons (Fsp3) is 0.750. The van der Waals surface area contributed by atoms with Gasteiger partial charge in [-0.3, -0.25) is 4.79 Å². The Kier molecular flexibility index (Phi) is 8.32. The molecule has 0 aromatic carbocycles. The molecule has 0 unspecified atom stereocenters. The number of hydrogen-bond acceptors (Lipinski definition) is 4. The number of carboxylic acid groups (broad SMARTS) is 1. The Hall–Kier alpha value is -1.79. The van der Waals surface area contributed by atoms with Crippen molar-refractivity contribution >= 4 is 18.0 Å². The number of hydrogen-bond donors (Lipinski definition) is 2. The molecule has 2 amide bonds. The van der Waals surface area contributed by atoms with Gasteiger partial charge in [-0.1, -0.05) is 13.3 Å². The summed E-state index contributed by atoms with van der Waals surface area (Å²) >= 11 is 0. The number of amides is 2. The molecular formula is C12H22N2O5. The molecule has 7 heteroatoms. The maximum atomic E-state index is 11.7. The van der Waals surface area contributed by atoms with E-state index in [2.05, 4.69) is 10.1 Å². The third-order valence-electron chi connectivity index (χ3n) is 2.65. The highest BCUT2D eigenvalue weighted by molar-refractivity contribution is 5.83. The van der Waals surface area contributed by atoms with E-state index in [1.165, 1.54) is 12.0 Å². The number of carbonyl (C=O) groups is 3. The van der Waals surface area contributed by atoms with E-state index in [-0.39, 0.29) is 12.8 Å². The standard InChI is InChI=1S/C12H22N2O5/c1-4-5-8-14(2)12(18)13-9(11(16)17)6-7-10(15)19-3/h9H,4-8H2,1-3H3,(H,13,18)(H,16,17)/t9-/m1/s1. The molecule has 0 fully saturated rings. The molecule has 0 radical (unpaired) electrons. The number of carbonyl (C=O) groups excluding carboxylic acids is 2. The van der Waals surface area contributed by atoms with Gasteiger partial charge in [0.2, 0.25) is 0 Å². The van der Waals surface area contributed by atoms with Crippen molar-refractivity contribution in [2.45, 2.75) is 38.6 Å². The van der Waals surface area contributed by atoms with E-state index < -0.39 is 24.0 Å². The van der Waals surface area contributed by atoms with Crippen LogP contribution in [0.15, 0.2) is 0 Å². The lowest BCUT2D eigenvalue weighted by atomic mass is 10.1. The molecule has 110 valence electrons. The minimum absolute atomic E-state index is 0.00929. The summed E-state index contributed by atoms with van der Waals surface area (Å²) in [6, 6.07) is -1.54. The number of ether oxygens (including phenoxy) is 1. The van der Waals surface area contributed by atoms with Crippen LogP contribution in [0, 0.1) is 0 Å². The Morgan fingerprint density at radius 1 is 1.37 bits per heavy atom. The molecule has 0 aromatic rings. The van der Waals surface area contributed by atoms with Crippen LogP contribution in [0.1, 0.15) is 32.6 Å². The fourth-order valence-corrected chi connectivity index (χ4v) is 1.38. The lowest BCUT2D eigenvalue weighted by Gasteiger charge is -2.21. The van der Waals surface area contributed by atoms with Gasteiger partial charge < -0.3 is 20.1 Å². The summed E-state index contributed by atoms with van der Waals surface area (Å²) in [7, 11) is 2.83. The third-order valence-corrected chi connectivity index (χ3v) is 2.65. The minimum Gasteiger partial charge on any atom is -0.480 e. The molecule has 0 heterocycles. The van der Waals surface area contributed by atoms with Gasteiger partial charge in [0, 0.05) is 20.0 Å². The van der Waals surface area contributed by atoms with Gasteiger partial charge in [-0.05, 0) is 12.8 Å². The summed E-state index contributed by atoms with van der Waals surface area (Å²) in [5.41, 5.74) is 0. The van der Waals surface area contributed by atoms with Crippen molar-refractivity contribution in [2.24, 2.45) is 0 Å². The molecule has 0 aliphatic carbocycles. The molecule has 0 saturated heterocycles. The zero-order valence-electron chi connectivity index (χ0n) is 11.6. The first-order valence-corrected chi connectivity index (χ1v) is 6.23. The maximum Gasteiger partial charge on any atom is 0.326 e. The van der Waals surface area contributed by atoms with Crippen molar-refractivity contribution in [3.05, 3.63) is 0 Å². The average molecular weight is 274 g/mol. The van der Waals surface area contributed by atoms with E-state index in [0.29, 0.717) is 6.54 Å². The molecule has 0 aliphatic heterocycles. The van der Waals surface area contributed by atoms with Crippen LogP contribution in [0.25, 0.3) is 0 Å². The van der Waals surface area contributed by atoms with Crippen LogP contribution >= 0.6 is 0 Å². The lowest BCUT2D eigenvalue weighted by Crippen LogP contribution is -2.47. The number of nitrogens with one attached hydrogen (secondary N) is 1. The van der Waals surface area contributed by atoms with Crippen LogP contribution in [0.4, 0.5) is 4.79 Å². The average Bonchev–Trinajstić information content (AvgIpc) is 2.39. The van der Waals surface area contributed by atoms with Gasteiger partial charge in [0.05, 0.1) is 7.11 Å². The summed E-state index contributed by atoms with van der Waals surface area (Å²) in [5.74, 6) is -1.67. The number of carboxylic acids is 1. The predicted octanol–water partition coefficient (Wildman–Crippen LogP) is 0.834.